The summed E-state index contributed by atoms with van der Waals surface area (Å²) in [6.07, 6.45) is 0.489. The first-order valence-electron chi connectivity index (χ1n) is 5.68. The van der Waals surface area contributed by atoms with Gasteiger partial charge in [-0.25, -0.2) is 4.39 Å². The molecule has 1 atom stereocenters. The topological polar surface area (TPSA) is 32.3 Å². The van der Waals surface area contributed by atoms with Gasteiger partial charge < -0.3 is 10.2 Å². The highest BCUT2D eigenvalue weighted by molar-refractivity contribution is 7.99. The number of hydrogen-bond donors (Lipinski definition) is 1. The maximum atomic E-state index is 13.2. The second-order valence-corrected chi connectivity index (χ2v) is 5.49. The zero-order valence-corrected chi connectivity index (χ0v) is 10.1. The van der Waals surface area contributed by atoms with Crippen LogP contribution in [0, 0.1) is 5.82 Å². The van der Waals surface area contributed by atoms with Crippen molar-refractivity contribution in [3.8, 4) is 0 Å². The lowest BCUT2D eigenvalue weighted by Crippen LogP contribution is -2.42. The predicted molar refractivity (Wildman–Crippen MR) is 68.1 cm³/mol. The molecule has 17 heavy (non-hydrogen) atoms. The molecule has 1 saturated heterocycles. The van der Waals surface area contributed by atoms with E-state index in [1.807, 2.05) is 11.8 Å². The highest BCUT2D eigenvalue weighted by Gasteiger charge is 2.30. The second-order valence-electron chi connectivity index (χ2n) is 4.34. The van der Waals surface area contributed by atoms with Gasteiger partial charge >= 0.3 is 0 Å². The van der Waals surface area contributed by atoms with Crippen LogP contribution in [0.15, 0.2) is 18.2 Å². The van der Waals surface area contributed by atoms with Crippen LogP contribution in [0.25, 0.3) is 0 Å². The van der Waals surface area contributed by atoms with Crippen LogP contribution < -0.4 is 10.2 Å². The lowest BCUT2D eigenvalue weighted by Gasteiger charge is -2.35. The van der Waals surface area contributed by atoms with Crippen LogP contribution in [0.1, 0.15) is 6.42 Å². The zero-order valence-electron chi connectivity index (χ0n) is 9.28. The fourth-order valence-electron chi connectivity index (χ4n) is 2.42. The second kappa shape index (κ2) is 4.22. The summed E-state index contributed by atoms with van der Waals surface area (Å²) in [5, 5.41) is 2.79. The van der Waals surface area contributed by atoms with Gasteiger partial charge in [-0.1, -0.05) is 0 Å². The maximum absolute atomic E-state index is 13.2. The highest BCUT2D eigenvalue weighted by atomic mass is 32.2. The van der Waals surface area contributed by atoms with Gasteiger partial charge in [0.1, 0.15) is 5.82 Å². The van der Waals surface area contributed by atoms with Crippen molar-refractivity contribution >= 4 is 29.0 Å². The predicted octanol–water partition coefficient (Wildman–Crippen LogP) is 2.09. The summed E-state index contributed by atoms with van der Waals surface area (Å²) in [6.45, 7) is 0.920. The molecule has 0 spiro atoms. The first-order chi connectivity index (χ1) is 8.24. The van der Waals surface area contributed by atoms with Crippen molar-refractivity contribution in [2.75, 3.05) is 28.3 Å². The number of benzene rings is 1. The van der Waals surface area contributed by atoms with Crippen molar-refractivity contribution < 1.29 is 9.18 Å². The van der Waals surface area contributed by atoms with Gasteiger partial charge in [0.25, 0.3) is 0 Å². The quantitative estimate of drug-likeness (QED) is 0.767. The van der Waals surface area contributed by atoms with E-state index < -0.39 is 0 Å². The minimum atomic E-state index is -0.311. The number of anilines is 2. The molecule has 3 rings (SSSR count). The molecule has 5 heteroatoms. The molecule has 1 amide bonds. The number of halogens is 1. The number of rotatable bonds is 0. The largest absolute Gasteiger partial charge is 0.365 e. The van der Waals surface area contributed by atoms with Crippen molar-refractivity contribution in [2.24, 2.45) is 0 Å². The molecule has 90 valence electrons. The van der Waals surface area contributed by atoms with E-state index in [-0.39, 0.29) is 17.8 Å². The van der Waals surface area contributed by atoms with Crippen LogP contribution >= 0.6 is 11.8 Å². The molecule has 0 bridgehead atoms. The molecular formula is C12H13FN2OS. The summed E-state index contributed by atoms with van der Waals surface area (Å²) in [7, 11) is 0. The van der Waals surface area contributed by atoms with Crippen LogP contribution in [0.4, 0.5) is 15.8 Å². The van der Waals surface area contributed by atoms with Gasteiger partial charge in [0.05, 0.1) is 11.4 Å². The Labute approximate surface area is 103 Å². The SMILES string of the molecule is O=C1CC2CSCCN2c2ccc(F)cc2N1. The number of nitrogens with zero attached hydrogens (tertiary/aromatic N) is 1. The number of carbonyl (C=O) groups excluding carboxylic acids is 1. The normalized spacial score (nSPS) is 23.5. The molecule has 1 fully saturated rings. The molecule has 1 unspecified atom stereocenters. The Balaban J connectivity index is 2.05. The van der Waals surface area contributed by atoms with Crippen molar-refractivity contribution in [3.63, 3.8) is 0 Å². The summed E-state index contributed by atoms with van der Waals surface area (Å²) in [5.74, 6) is 1.69. The van der Waals surface area contributed by atoms with Crippen molar-refractivity contribution in [1.82, 2.24) is 0 Å². The van der Waals surface area contributed by atoms with E-state index in [4.69, 9.17) is 0 Å². The molecule has 2 heterocycles. The summed E-state index contributed by atoms with van der Waals surface area (Å²) in [4.78, 5) is 14.0. The van der Waals surface area contributed by atoms with E-state index in [2.05, 4.69) is 10.2 Å². The zero-order chi connectivity index (χ0) is 11.8. The van der Waals surface area contributed by atoms with Crippen LogP contribution in [-0.4, -0.2) is 30.0 Å². The summed E-state index contributed by atoms with van der Waals surface area (Å²) < 4.78 is 13.2. The molecule has 3 nitrogen and oxygen atoms in total. The summed E-state index contributed by atoms with van der Waals surface area (Å²) in [5.41, 5.74) is 1.55. The van der Waals surface area contributed by atoms with Crippen LogP contribution in [-0.2, 0) is 4.79 Å². The number of nitrogens with one attached hydrogen (secondary N) is 1. The Kier molecular flexibility index (Phi) is 2.70. The monoisotopic (exact) mass is 252 g/mol. The molecule has 2 aliphatic rings. The molecule has 1 N–H and O–H groups in total. The lowest BCUT2D eigenvalue weighted by molar-refractivity contribution is -0.116. The van der Waals surface area contributed by atoms with Gasteiger partial charge in [0.2, 0.25) is 5.91 Å². The first kappa shape index (κ1) is 10.9. The van der Waals surface area contributed by atoms with Crippen LogP contribution in [0.5, 0.6) is 0 Å². The first-order valence-corrected chi connectivity index (χ1v) is 6.83. The third-order valence-corrected chi connectivity index (χ3v) is 4.28. The van der Waals surface area contributed by atoms with Crippen LogP contribution in [0.3, 0.4) is 0 Å². The molecule has 0 saturated carbocycles. The van der Waals surface area contributed by atoms with Gasteiger partial charge in [-0.15, -0.1) is 0 Å². The maximum Gasteiger partial charge on any atom is 0.226 e. The van der Waals surface area contributed by atoms with Gasteiger partial charge in [-0.2, -0.15) is 11.8 Å². The van der Waals surface area contributed by atoms with E-state index in [0.717, 1.165) is 23.7 Å². The molecule has 0 aromatic heterocycles. The van der Waals surface area contributed by atoms with E-state index in [1.54, 1.807) is 6.07 Å². The van der Waals surface area contributed by atoms with E-state index in [0.29, 0.717) is 12.1 Å². The third-order valence-electron chi connectivity index (χ3n) is 3.19. The minimum Gasteiger partial charge on any atom is -0.365 e. The van der Waals surface area contributed by atoms with E-state index in [1.165, 1.54) is 12.1 Å². The Morgan fingerprint density at radius 2 is 2.35 bits per heavy atom. The summed E-state index contributed by atoms with van der Waals surface area (Å²) in [6, 6.07) is 4.85. The molecule has 1 aromatic carbocycles. The van der Waals surface area contributed by atoms with Crippen molar-refractivity contribution in [1.29, 1.82) is 0 Å². The number of fused-ring (bicyclic) bond motifs is 3. The molecule has 0 aliphatic carbocycles. The van der Waals surface area contributed by atoms with E-state index in [9.17, 15) is 9.18 Å². The molecular weight excluding hydrogens is 239 g/mol. The number of thioether (sulfide) groups is 1. The standard InChI is InChI=1S/C12H13FN2OS/c13-8-1-2-11-10(5-8)14-12(16)6-9-7-17-4-3-15(9)11/h1-2,5,9H,3-4,6-7H2,(H,14,16). The minimum absolute atomic E-state index is 0.0214. The van der Waals surface area contributed by atoms with E-state index >= 15 is 0 Å². The Morgan fingerprint density at radius 1 is 1.47 bits per heavy atom. The Morgan fingerprint density at radius 3 is 3.24 bits per heavy atom. The third kappa shape index (κ3) is 1.99. The van der Waals surface area contributed by atoms with Gasteiger partial charge in [-0.05, 0) is 18.2 Å². The lowest BCUT2D eigenvalue weighted by atomic mass is 10.1. The number of carbonyl (C=O) groups is 1. The smallest absolute Gasteiger partial charge is 0.226 e. The van der Waals surface area contributed by atoms with Gasteiger partial charge in [0, 0.05) is 30.5 Å². The average molecular weight is 252 g/mol. The van der Waals surface area contributed by atoms with Crippen molar-refractivity contribution in [3.05, 3.63) is 24.0 Å². The number of hydrogen-bond acceptors (Lipinski definition) is 3. The highest BCUT2D eigenvalue weighted by Crippen LogP contribution is 2.34. The Hall–Kier alpha value is -1.23. The molecule has 0 radical (unpaired) electrons. The fourth-order valence-corrected chi connectivity index (χ4v) is 3.48. The molecule has 2 aliphatic heterocycles. The fraction of sp³-hybridized carbons (Fsp3) is 0.417. The Bertz CT molecular complexity index is 466. The van der Waals surface area contributed by atoms with Gasteiger partial charge in [-0.3, -0.25) is 4.79 Å². The molecule has 1 aromatic rings. The summed E-state index contributed by atoms with van der Waals surface area (Å²) >= 11 is 1.87. The van der Waals surface area contributed by atoms with Crippen LogP contribution in [0.2, 0.25) is 0 Å². The van der Waals surface area contributed by atoms with Crippen molar-refractivity contribution in [2.45, 2.75) is 12.5 Å². The van der Waals surface area contributed by atoms with Gasteiger partial charge in [0.15, 0.2) is 0 Å². The average Bonchev–Trinajstić information content (AvgIpc) is 2.43. The number of amides is 1.